The number of amides is 3. The van der Waals surface area contributed by atoms with Gasteiger partial charge in [-0.3, -0.25) is 14.4 Å². The molecule has 3 N–H and O–H groups in total. The highest BCUT2D eigenvalue weighted by Gasteiger charge is 2.13. The van der Waals surface area contributed by atoms with E-state index in [4.69, 9.17) is 14.2 Å². The fourth-order valence-electron chi connectivity index (χ4n) is 2.93. The molecule has 0 aromatic heterocycles. The molecule has 3 aromatic carbocycles. The monoisotopic (exact) mass is 502 g/mol. The second kappa shape index (κ2) is 13.7. The predicted molar refractivity (Wildman–Crippen MR) is 140 cm³/mol. The molecule has 0 atom stereocenters. The first-order valence-corrected chi connectivity index (χ1v) is 11.1. The van der Waals surface area contributed by atoms with Crippen molar-refractivity contribution >= 4 is 35.3 Å². The van der Waals surface area contributed by atoms with Gasteiger partial charge in [-0.25, -0.2) is 5.43 Å². The van der Waals surface area contributed by atoms with E-state index < -0.39 is 11.8 Å². The van der Waals surface area contributed by atoms with Gasteiger partial charge in [-0.05, 0) is 54.1 Å². The third kappa shape index (κ3) is 8.87. The molecule has 10 nitrogen and oxygen atoms in total. The van der Waals surface area contributed by atoms with Gasteiger partial charge in [0.25, 0.3) is 5.91 Å². The van der Waals surface area contributed by atoms with E-state index in [0.29, 0.717) is 40.8 Å². The van der Waals surface area contributed by atoms with Crippen molar-refractivity contribution < 1.29 is 28.6 Å². The lowest BCUT2D eigenvalue weighted by atomic mass is 10.2. The van der Waals surface area contributed by atoms with Crippen LogP contribution in [0.25, 0.3) is 0 Å². The van der Waals surface area contributed by atoms with Crippen LogP contribution in [0.5, 0.6) is 17.2 Å². The average Bonchev–Trinajstić information content (AvgIpc) is 2.91. The molecule has 0 heterocycles. The van der Waals surface area contributed by atoms with Crippen molar-refractivity contribution in [2.75, 3.05) is 31.0 Å². The normalized spacial score (nSPS) is 10.3. The minimum absolute atomic E-state index is 0.212. The maximum atomic E-state index is 12.2. The molecule has 0 saturated heterocycles. The maximum absolute atomic E-state index is 12.2. The number of carbonyl (C=O) groups is 3. The zero-order valence-electron chi connectivity index (χ0n) is 20.1. The Kier molecular flexibility index (Phi) is 9.80. The smallest absolute Gasteiger partial charge is 0.329 e. The Hall–Kier alpha value is -5.12. The zero-order valence-corrected chi connectivity index (χ0v) is 20.1. The number of hydrazone groups is 1. The lowest BCUT2D eigenvalue weighted by Crippen LogP contribution is -2.32. The van der Waals surface area contributed by atoms with Crippen molar-refractivity contribution in [3.8, 4) is 17.2 Å². The summed E-state index contributed by atoms with van der Waals surface area (Å²) in [5, 5.41) is 8.99. The van der Waals surface area contributed by atoms with Crippen LogP contribution in [0.2, 0.25) is 0 Å². The van der Waals surface area contributed by atoms with E-state index in [1.807, 2.05) is 0 Å². The van der Waals surface area contributed by atoms with Crippen LogP contribution in [-0.4, -0.2) is 44.3 Å². The van der Waals surface area contributed by atoms with Crippen LogP contribution in [0.1, 0.15) is 5.56 Å². The lowest BCUT2D eigenvalue weighted by Gasteiger charge is -2.09. The van der Waals surface area contributed by atoms with E-state index >= 15 is 0 Å². The second-order valence-electron chi connectivity index (χ2n) is 7.42. The molecule has 0 aliphatic heterocycles. The SMILES string of the molecule is C=CCOc1ccc(NC(=O)C(=O)N/N=C\c2cccc(OCC(=O)Nc3cccc(OC)c3)c2)cc1. The number of nitrogens with one attached hydrogen (secondary N) is 3. The molecule has 0 spiro atoms. The van der Waals surface area contributed by atoms with E-state index in [0.717, 1.165) is 0 Å². The van der Waals surface area contributed by atoms with E-state index in [1.54, 1.807) is 86.0 Å². The van der Waals surface area contributed by atoms with E-state index in [1.165, 1.54) is 6.21 Å². The van der Waals surface area contributed by atoms with Crippen molar-refractivity contribution in [3.05, 3.63) is 91.0 Å². The molecule has 0 fully saturated rings. The van der Waals surface area contributed by atoms with Crippen LogP contribution in [0.3, 0.4) is 0 Å². The molecule has 3 amide bonds. The van der Waals surface area contributed by atoms with E-state index in [9.17, 15) is 14.4 Å². The summed E-state index contributed by atoms with van der Waals surface area (Å²) in [6, 6.07) is 20.2. The first kappa shape index (κ1) is 26.5. The van der Waals surface area contributed by atoms with Gasteiger partial charge in [0.2, 0.25) is 0 Å². The second-order valence-corrected chi connectivity index (χ2v) is 7.42. The predicted octanol–water partition coefficient (Wildman–Crippen LogP) is 3.37. The van der Waals surface area contributed by atoms with Crippen LogP contribution in [-0.2, 0) is 14.4 Å². The molecule has 0 aliphatic rings. The first-order chi connectivity index (χ1) is 18.0. The summed E-state index contributed by atoms with van der Waals surface area (Å²) >= 11 is 0. The average molecular weight is 503 g/mol. The van der Waals surface area contributed by atoms with Gasteiger partial charge in [0.15, 0.2) is 6.61 Å². The Morgan fingerprint density at radius 1 is 0.838 bits per heavy atom. The number of anilines is 2. The summed E-state index contributed by atoms with van der Waals surface area (Å²) in [6.45, 7) is 3.72. The topological polar surface area (TPSA) is 127 Å². The highest BCUT2D eigenvalue weighted by atomic mass is 16.5. The summed E-state index contributed by atoms with van der Waals surface area (Å²) in [5.41, 5.74) is 3.76. The first-order valence-electron chi connectivity index (χ1n) is 11.1. The number of benzene rings is 3. The van der Waals surface area contributed by atoms with Crippen molar-refractivity contribution in [3.63, 3.8) is 0 Å². The van der Waals surface area contributed by atoms with Gasteiger partial charge in [-0.15, -0.1) is 0 Å². The minimum atomic E-state index is -0.940. The Balaban J connectivity index is 1.45. The van der Waals surface area contributed by atoms with Crippen LogP contribution >= 0.6 is 0 Å². The van der Waals surface area contributed by atoms with Crippen molar-refractivity contribution in [1.82, 2.24) is 5.43 Å². The number of nitrogens with zero attached hydrogens (tertiary/aromatic N) is 1. The highest BCUT2D eigenvalue weighted by Crippen LogP contribution is 2.17. The van der Waals surface area contributed by atoms with Crippen LogP contribution < -0.4 is 30.3 Å². The molecule has 3 rings (SSSR count). The number of hydrogen-bond donors (Lipinski definition) is 3. The van der Waals surface area contributed by atoms with Crippen molar-refractivity contribution in [2.24, 2.45) is 5.10 Å². The van der Waals surface area contributed by atoms with Gasteiger partial charge in [0.05, 0.1) is 13.3 Å². The van der Waals surface area contributed by atoms with Crippen LogP contribution in [0.15, 0.2) is 90.6 Å². The van der Waals surface area contributed by atoms with Gasteiger partial charge in [-0.2, -0.15) is 5.10 Å². The molecule has 3 aromatic rings. The summed E-state index contributed by atoms with van der Waals surface area (Å²) in [5.74, 6) is -0.505. The summed E-state index contributed by atoms with van der Waals surface area (Å²) in [7, 11) is 1.54. The Morgan fingerprint density at radius 2 is 1.59 bits per heavy atom. The minimum Gasteiger partial charge on any atom is -0.497 e. The molecule has 0 saturated carbocycles. The molecular formula is C27H26N4O6. The van der Waals surface area contributed by atoms with Gasteiger partial charge in [0, 0.05) is 17.4 Å². The number of hydrogen-bond acceptors (Lipinski definition) is 7. The zero-order chi connectivity index (χ0) is 26.5. The van der Waals surface area contributed by atoms with E-state index in [2.05, 4.69) is 27.7 Å². The Bertz CT molecular complexity index is 1270. The summed E-state index contributed by atoms with van der Waals surface area (Å²) < 4.78 is 16.0. The largest absolute Gasteiger partial charge is 0.497 e. The van der Waals surface area contributed by atoms with Crippen molar-refractivity contribution in [1.29, 1.82) is 0 Å². The van der Waals surface area contributed by atoms with E-state index in [-0.39, 0.29) is 12.5 Å². The highest BCUT2D eigenvalue weighted by molar-refractivity contribution is 6.39. The molecule has 10 heteroatoms. The molecule has 37 heavy (non-hydrogen) atoms. The van der Waals surface area contributed by atoms with Gasteiger partial charge >= 0.3 is 11.8 Å². The molecule has 0 unspecified atom stereocenters. The van der Waals surface area contributed by atoms with Crippen molar-refractivity contribution in [2.45, 2.75) is 0 Å². The quantitative estimate of drug-likeness (QED) is 0.160. The maximum Gasteiger partial charge on any atom is 0.329 e. The lowest BCUT2D eigenvalue weighted by molar-refractivity contribution is -0.136. The fraction of sp³-hybridized carbons (Fsp3) is 0.111. The molecule has 190 valence electrons. The van der Waals surface area contributed by atoms with Gasteiger partial charge in [-0.1, -0.05) is 30.9 Å². The third-order valence-electron chi connectivity index (χ3n) is 4.65. The Labute approximate surface area is 213 Å². The third-order valence-corrected chi connectivity index (χ3v) is 4.65. The molecular weight excluding hydrogens is 476 g/mol. The molecule has 0 bridgehead atoms. The Morgan fingerprint density at radius 3 is 2.35 bits per heavy atom. The number of methoxy groups -OCH3 is 1. The number of carbonyl (C=O) groups excluding carboxylic acids is 3. The summed E-state index contributed by atoms with van der Waals surface area (Å²) in [6.07, 6.45) is 2.97. The van der Waals surface area contributed by atoms with Crippen LogP contribution in [0.4, 0.5) is 11.4 Å². The summed E-state index contributed by atoms with van der Waals surface area (Å²) in [4.78, 5) is 36.3. The molecule has 0 radical (unpaired) electrons. The number of rotatable bonds is 11. The number of ether oxygens (including phenoxy) is 3. The van der Waals surface area contributed by atoms with Gasteiger partial charge < -0.3 is 24.8 Å². The fourth-order valence-corrected chi connectivity index (χ4v) is 2.93. The van der Waals surface area contributed by atoms with Crippen LogP contribution in [0, 0.1) is 0 Å². The van der Waals surface area contributed by atoms with Gasteiger partial charge in [0.1, 0.15) is 23.9 Å². The molecule has 0 aliphatic carbocycles. The standard InChI is InChI=1S/C27H26N4O6/c1-3-14-36-22-12-10-20(11-13-22)30-26(33)27(34)31-28-17-19-6-4-9-24(15-19)37-18-25(32)29-21-7-5-8-23(16-21)35-2/h3-13,15-17H,1,14,18H2,2H3,(H,29,32)(H,30,33)(H,31,34)/b28-17-.